The summed E-state index contributed by atoms with van der Waals surface area (Å²) in [5, 5.41) is 11.7. The van der Waals surface area contributed by atoms with E-state index in [-0.39, 0.29) is 35.5 Å². The van der Waals surface area contributed by atoms with Gasteiger partial charge in [-0.1, -0.05) is 13.8 Å². The average molecular weight is 280 g/mol. The Labute approximate surface area is 117 Å². The van der Waals surface area contributed by atoms with Crippen LogP contribution in [0.25, 0.3) is 0 Å². The molecule has 1 aromatic rings. The number of hydrogen-bond acceptors (Lipinski definition) is 4. The van der Waals surface area contributed by atoms with Crippen LogP contribution in [0.15, 0.2) is 18.2 Å². The third-order valence-electron chi connectivity index (χ3n) is 3.01. The molecule has 0 bridgehead atoms. The highest BCUT2D eigenvalue weighted by Gasteiger charge is 2.17. The van der Waals surface area contributed by atoms with Gasteiger partial charge in [0.2, 0.25) is 5.91 Å². The van der Waals surface area contributed by atoms with Crippen LogP contribution >= 0.6 is 0 Å². The molecule has 4 N–H and O–H groups in total. The molecule has 0 radical (unpaired) electrons. The molecule has 1 aromatic carbocycles. The smallest absolute Gasteiger partial charge is 0.337 e. The summed E-state index contributed by atoms with van der Waals surface area (Å²) < 4.78 is 5.02. The average Bonchev–Trinajstić information content (AvgIpc) is 2.37. The topological polar surface area (TPSA) is 102 Å². The summed E-state index contributed by atoms with van der Waals surface area (Å²) in [7, 11) is 1.47. The fourth-order valence-electron chi connectivity index (χ4n) is 1.59. The zero-order valence-corrected chi connectivity index (χ0v) is 11.8. The molecule has 0 aliphatic carbocycles. The largest absolute Gasteiger partial charge is 0.497 e. The van der Waals surface area contributed by atoms with Crippen LogP contribution in [-0.2, 0) is 4.79 Å². The summed E-state index contributed by atoms with van der Waals surface area (Å²) >= 11 is 0. The highest BCUT2D eigenvalue weighted by Crippen LogP contribution is 2.23. The maximum Gasteiger partial charge on any atom is 0.337 e. The highest BCUT2D eigenvalue weighted by molar-refractivity contribution is 6.00. The third kappa shape index (κ3) is 4.24. The minimum Gasteiger partial charge on any atom is -0.497 e. The van der Waals surface area contributed by atoms with Crippen molar-refractivity contribution < 1.29 is 19.4 Å². The summed E-state index contributed by atoms with van der Waals surface area (Å²) in [6.45, 7) is 3.85. The molecule has 1 atom stereocenters. The first-order chi connectivity index (χ1) is 9.35. The van der Waals surface area contributed by atoms with Crippen molar-refractivity contribution >= 4 is 17.6 Å². The van der Waals surface area contributed by atoms with E-state index in [4.69, 9.17) is 15.6 Å². The van der Waals surface area contributed by atoms with Gasteiger partial charge in [0.05, 0.1) is 18.4 Å². The molecule has 1 unspecified atom stereocenters. The van der Waals surface area contributed by atoms with Crippen molar-refractivity contribution in [3.8, 4) is 5.75 Å². The molecular weight excluding hydrogens is 260 g/mol. The Balaban J connectivity index is 2.89. The lowest BCUT2D eigenvalue weighted by molar-refractivity contribution is -0.116. The van der Waals surface area contributed by atoms with E-state index < -0.39 is 5.97 Å². The van der Waals surface area contributed by atoms with Gasteiger partial charge in [0.1, 0.15) is 5.75 Å². The summed E-state index contributed by atoms with van der Waals surface area (Å²) in [5.74, 6) is -0.790. The van der Waals surface area contributed by atoms with E-state index in [1.54, 1.807) is 0 Å². The molecule has 1 amide bonds. The lowest BCUT2D eigenvalue weighted by Gasteiger charge is -2.16. The second-order valence-electron chi connectivity index (χ2n) is 4.88. The van der Waals surface area contributed by atoms with Gasteiger partial charge in [-0.25, -0.2) is 4.79 Å². The molecule has 0 saturated heterocycles. The van der Waals surface area contributed by atoms with Gasteiger partial charge in [0, 0.05) is 18.5 Å². The first kappa shape index (κ1) is 16.0. The van der Waals surface area contributed by atoms with Crippen LogP contribution in [-0.4, -0.2) is 30.1 Å². The van der Waals surface area contributed by atoms with Crippen LogP contribution < -0.4 is 15.8 Å². The standard InChI is InChI=1S/C14H20N2O4/c1-8(2)11(15)7-13(17)16-12-6-9(20-3)4-5-10(12)14(18)19/h4-6,8,11H,7,15H2,1-3H3,(H,16,17)(H,18,19). The molecule has 0 aliphatic rings. The first-order valence-electron chi connectivity index (χ1n) is 6.32. The highest BCUT2D eigenvalue weighted by atomic mass is 16.5. The van der Waals surface area contributed by atoms with Gasteiger partial charge in [0.15, 0.2) is 0 Å². The van der Waals surface area contributed by atoms with Crippen LogP contribution in [0.5, 0.6) is 5.75 Å². The van der Waals surface area contributed by atoms with Gasteiger partial charge in [0.25, 0.3) is 0 Å². The number of nitrogens with two attached hydrogens (primary N) is 1. The normalized spacial score (nSPS) is 12.1. The molecule has 0 saturated carbocycles. The summed E-state index contributed by atoms with van der Waals surface area (Å²) in [6.07, 6.45) is 0.133. The van der Waals surface area contributed by atoms with Crippen molar-refractivity contribution in [3.63, 3.8) is 0 Å². The van der Waals surface area contributed by atoms with Gasteiger partial charge in [-0.05, 0) is 18.1 Å². The Morgan fingerprint density at radius 3 is 2.55 bits per heavy atom. The van der Waals surface area contributed by atoms with Crippen LogP contribution in [0.1, 0.15) is 30.6 Å². The predicted molar refractivity (Wildman–Crippen MR) is 76.0 cm³/mol. The molecule has 0 spiro atoms. The third-order valence-corrected chi connectivity index (χ3v) is 3.01. The SMILES string of the molecule is COc1ccc(C(=O)O)c(NC(=O)CC(N)C(C)C)c1. The van der Waals surface area contributed by atoms with Crippen molar-refractivity contribution in [2.75, 3.05) is 12.4 Å². The zero-order chi connectivity index (χ0) is 15.3. The van der Waals surface area contributed by atoms with Crippen molar-refractivity contribution in [1.82, 2.24) is 0 Å². The van der Waals surface area contributed by atoms with Gasteiger partial charge in [-0.2, -0.15) is 0 Å². The van der Waals surface area contributed by atoms with Crippen molar-refractivity contribution in [1.29, 1.82) is 0 Å². The van der Waals surface area contributed by atoms with Crippen molar-refractivity contribution in [3.05, 3.63) is 23.8 Å². The van der Waals surface area contributed by atoms with Gasteiger partial charge < -0.3 is 20.9 Å². The monoisotopic (exact) mass is 280 g/mol. The van der Waals surface area contributed by atoms with Crippen LogP contribution in [0.3, 0.4) is 0 Å². The number of benzene rings is 1. The molecule has 0 aromatic heterocycles. The van der Waals surface area contributed by atoms with E-state index in [0.717, 1.165) is 0 Å². The number of carbonyl (C=O) groups excluding carboxylic acids is 1. The maximum absolute atomic E-state index is 11.9. The Morgan fingerprint density at radius 1 is 1.40 bits per heavy atom. The molecular formula is C14H20N2O4. The number of hydrogen-bond donors (Lipinski definition) is 3. The van der Waals surface area contributed by atoms with Gasteiger partial charge >= 0.3 is 5.97 Å². The number of aromatic carboxylic acids is 1. The number of carboxylic acids is 1. The van der Waals surface area contributed by atoms with Crippen molar-refractivity contribution in [2.24, 2.45) is 11.7 Å². The molecule has 20 heavy (non-hydrogen) atoms. The number of ether oxygens (including phenoxy) is 1. The summed E-state index contributed by atoms with van der Waals surface area (Å²) in [4.78, 5) is 23.0. The lowest BCUT2D eigenvalue weighted by Crippen LogP contribution is -2.31. The van der Waals surface area contributed by atoms with E-state index in [1.807, 2.05) is 13.8 Å². The van der Waals surface area contributed by atoms with E-state index in [0.29, 0.717) is 5.75 Å². The van der Waals surface area contributed by atoms with Gasteiger partial charge in [-0.3, -0.25) is 4.79 Å². The van der Waals surface area contributed by atoms with E-state index in [9.17, 15) is 9.59 Å². The second-order valence-corrected chi connectivity index (χ2v) is 4.88. The Kier molecular flexibility index (Phi) is 5.52. The Bertz CT molecular complexity index is 500. The van der Waals surface area contributed by atoms with Crippen LogP contribution in [0.2, 0.25) is 0 Å². The fraction of sp³-hybridized carbons (Fsp3) is 0.429. The summed E-state index contributed by atoms with van der Waals surface area (Å²) in [5.41, 5.74) is 6.04. The van der Waals surface area contributed by atoms with E-state index >= 15 is 0 Å². The van der Waals surface area contributed by atoms with E-state index in [1.165, 1.54) is 25.3 Å². The fourth-order valence-corrected chi connectivity index (χ4v) is 1.59. The number of methoxy groups -OCH3 is 1. The van der Waals surface area contributed by atoms with Crippen LogP contribution in [0, 0.1) is 5.92 Å². The van der Waals surface area contributed by atoms with Crippen LogP contribution in [0.4, 0.5) is 5.69 Å². The van der Waals surface area contributed by atoms with Crippen molar-refractivity contribution in [2.45, 2.75) is 26.3 Å². The Morgan fingerprint density at radius 2 is 2.05 bits per heavy atom. The molecule has 0 aliphatic heterocycles. The minimum absolute atomic E-state index is 0.0114. The number of anilines is 1. The maximum atomic E-state index is 11.9. The summed E-state index contributed by atoms with van der Waals surface area (Å²) in [6, 6.07) is 4.12. The van der Waals surface area contributed by atoms with Gasteiger partial charge in [-0.15, -0.1) is 0 Å². The number of nitrogens with one attached hydrogen (secondary N) is 1. The number of rotatable bonds is 6. The Hall–Kier alpha value is -2.08. The predicted octanol–water partition coefficient (Wildman–Crippen LogP) is 1.71. The number of carbonyl (C=O) groups is 2. The first-order valence-corrected chi connectivity index (χ1v) is 6.32. The lowest BCUT2D eigenvalue weighted by atomic mass is 10.0. The molecule has 0 heterocycles. The van der Waals surface area contributed by atoms with E-state index in [2.05, 4.69) is 5.32 Å². The molecule has 1 rings (SSSR count). The molecule has 6 heteroatoms. The quantitative estimate of drug-likeness (QED) is 0.736. The zero-order valence-electron chi connectivity index (χ0n) is 11.8. The number of carboxylic acid groups (broad SMARTS) is 1. The molecule has 0 fully saturated rings. The molecule has 110 valence electrons. The number of amides is 1. The second kappa shape index (κ2) is 6.91. The minimum atomic E-state index is -1.11. The molecule has 6 nitrogen and oxygen atoms in total.